The zero-order valence-electron chi connectivity index (χ0n) is 6.24. The molecule has 2 aromatic rings. The highest BCUT2D eigenvalue weighted by atomic mass is 19.1. The lowest BCUT2D eigenvalue weighted by molar-refractivity contribution is 0.275. The molecule has 2 heterocycles. The number of hydrogen-bond acceptors (Lipinski definition) is 2. The highest BCUT2D eigenvalue weighted by molar-refractivity contribution is 5.47. The molecule has 0 spiro atoms. The molecule has 62 valence electrons. The number of pyridine rings is 1. The quantitative estimate of drug-likeness (QED) is 0.685. The second-order valence-electron chi connectivity index (χ2n) is 2.48. The van der Waals surface area contributed by atoms with Gasteiger partial charge in [-0.15, -0.1) is 0 Å². The fourth-order valence-corrected chi connectivity index (χ4v) is 1.16. The summed E-state index contributed by atoms with van der Waals surface area (Å²) >= 11 is 0. The Morgan fingerprint density at radius 2 is 2.33 bits per heavy atom. The van der Waals surface area contributed by atoms with E-state index in [1.165, 1.54) is 29.1 Å². The molecule has 2 aromatic heterocycles. The van der Waals surface area contributed by atoms with E-state index in [4.69, 9.17) is 5.11 Å². The highest BCUT2D eigenvalue weighted by Crippen LogP contribution is 2.11. The van der Waals surface area contributed by atoms with E-state index >= 15 is 0 Å². The van der Waals surface area contributed by atoms with Gasteiger partial charge in [-0.2, -0.15) is 0 Å². The molecule has 1 N–H and O–H groups in total. The minimum absolute atomic E-state index is 0.118. The normalized spacial score (nSPS) is 10.8. The van der Waals surface area contributed by atoms with Gasteiger partial charge >= 0.3 is 0 Å². The maximum absolute atomic E-state index is 13.0. The molecule has 0 bridgehead atoms. The smallest absolute Gasteiger partial charge is 0.148 e. The van der Waals surface area contributed by atoms with Crippen LogP contribution in [0.2, 0.25) is 0 Å². The SMILES string of the molecule is OCc1ccc(F)c2cncn12. The van der Waals surface area contributed by atoms with Crippen molar-refractivity contribution in [3.63, 3.8) is 0 Å². The van der Waals surface area contributed by atoms with Gasteiger partial charge in [0, 0.05) is 5.69 Å². The van der Waals surface area contributed by atoms with E-state index in [0.29, 0.717) is 11.2 Å². The fourth-order valence-electron chi connectivity index (χ4n) is 1.16. The maximum Gasteiger partial charge on any atom is 0.148 e. The Labute approximate surface area is 68.1 Å². The Kier molecular flexibility index (Phi) is 1.55. The minimum Gasteiger partial charge on any atom is -0.390 e. The first-order valence-electron chi connectivity index (χ1n) is 3.53. The number of aromatic nitrogens is 2. The predicted molar refractivity (Wildman–Crippen MR) is 41.1 cm³/mol. The molecule has 0 atom stereocenters. The largest absolute Gasteiger partial charge is 0.390 e. The van der Waals surface area contributed by atoms with Gasteiger partial charge < -0.3 is 5.11 Å². The Morgan fingerprint density at radius 1 is 1.50 bits per heavy atom. The van der Waals surface area contributed by atoms with Crippen LogP contribution >= 0.6 is 0 Å². The molecule has 0 saturated heterocycles. The van der Waals surface area contributed by atoms with Crippen LogP contribution in [0.25, 0.3) is 5.52 Å². The van der Waals surface area contributed by atoms with Crippen molar-refractivity contribution >= 4 is 5.52 Å². The number of nitrogens with zero attached hydrogens (tertiary/aromatic N) is 2. The lowest BCUT2D eigenvalue weighted by atomic mass is 10.3. The minimum atomic E-state index is -0.329. The zero-order chi connectivity index (χ0) is 8.55. The molecule has 2 rings (SSSR count). The molecular formula is C8H7FN2O. The standard InChI is InChI=1S/C8H7FN2O/c9-7-2-1-6(4-12)11-5-10-3-8(7)11/h1-3,5,12H,4H2. The van der Waals surface area contributed by atoms with E-state index < -0.39 is 0 Å². The van der Waals surface area contributed by atoms with Crippen LogP contribution in [0, 0.1) is 5.82 Å². The molecule has 0 aliphatic carbocycles. The van der Waals surface area contributed by atoms with E-state index in [1.54, 1.807) is 0 Å². The number of aliphatic hydroxyl groups excluding tert-OH is 1. The Balaban J connectivity index is 2.82. The average Bonchev–Trinajstić information content (AvgIpc) is 2.54. The highest BCUT2D eigenvalue weighted by Gasteiger charge is 2.03. The van der Waals surface area contributed by atoms with Crippen LogP contribution in [0.5, 0.6) is 0 Å². The molecule has 0 aromatic carbocycles. The second kappa shape index (κ2) is 2.57. The lowest BCUT2D eigenvalue weighted by Crippen LogP contribution is -1.96. The van der Waals surface area contributed by atoms with Crippen LogP contribution in [0.3, 0.4) is 0 Å². The van der Waals surface area contributed by atoms with E-state index in [1.807, 2.05) is 0 Å². The van der Waals surface area contributed by atoms with E-state index in [2.05, 4.69) is 4.98 Å². The molecule has 0 radical (unpaired) electrons. The average molecular weight is 166 g/mol. The van der Waals surface area contributed by atoms with Crippen LogP contribution in [-0.2, 0) is 6.61 Å². The number of imidazole rings is 1. The van der Waals surface area contributed by atoms with Crippen LogP contribution in [0.15, 0.2) is 24.7 Å². The summed E-state index contributed by atoms with van der Waals surface area (Å²) in [6.45, 7) is -0.118. The monoisotopic (exact) mass is 166 g/mol. The predicted octanol–water partition coefficient (Wildman–Crippen LogP) is 0.966. The summed E-state index contributed by atoms with van der Waals surface area (Å²) < 4.78 is 14.5. The first kappa shape index (κ1) is 7.24. The molecular weight excluding hydrogens is 159 g/mol. The van der Waals surface area contributed by atoms with Gasteiger partial charge in [0.25, 0.3) is 0 Å². The van der Waals surface area contributed by atoms with Gasteiger partial charge in [0.1, 0.15) is 11.3 Å². The summed E-state index contributed by atoms with van der Waals surface area (Å²) in [7, 11) is 0. The van der Waals surface area contributed by atoms with Gasteiger partial charge in [-0.1, -0.05) is 0 Å². The van der Waals surface area contributed by atoms with Crippen molar-refractivity contribution in [2.24, 2.45) is 0 Å². The van der Waals surface area contributed by atoms with Gasteiger partial charge in [0.15, 0.2) is 0 Å². The van der Waals surface area contributed by atoms with Crippen molar-refractivity contribution in [3.8, 4) is 0 Å². The molecule has 3 nitrogen and oxygen atoms in total. The van der Waals surface area contributed by atoms with Crippen LogP contribution in [0.4, 0.5) is 4.39 Å². The first-order valence-corrected chi connectivity index (χ1v) is 3.53. The van der Waals surface area contributed by atoms with Crippen molar-refractivity contribution in [2.75, 3.05) is 0 Å². The lowest BCUT2D eigenvalue weighted by Gasteiger charge is -2.01. The number of fused-ring (bicyclic) bond motifs is 1. The van der Waals surface area contributed by atoms with E-state index in [0.717, 1.165) is 0 Å². The number of halogens is 1. The summed E-state index contributed by atoms with van der Waals surface area (Å²) in [4.78, 5) is 3.78. The third-order valence-corrected chi connectivity index (χ3v) is 1.78. The second-order valence-corrected chi connectivity index (χ2v) is 2.48. The van der Waals surface area contributed by atoms with Crippen LogP contribution < -0.4 is 0 Å². The number of hydrogen-bond donors (Lipinski definition) is 1. The van der Waals surface area contributed by atoms with Crippen molar-refractivity contribution < 1.29 is 9.50 Å². The van der Waals surface area contributed by atoms with E-state index in [-0.39, 0.29) is 12.4 Å². The third kappa shape index (κ3) is 0.887. The van der Waals surface area contributed by atoms with Gasteiger partial charge in [-0.25, -0.2) is 9.37 Å². The van der Waals surface area contributed by atoms with Crippen molar-refractivity contribution in [3.05, 3.63) is 36.2 Å². The van der Waals surface area contributed by atoms with Crippen molar-refractivity contribution in [1.29, 1.82) is 0 Å². The van der Waals surface area contributed by atoms with Gasteiger partial charge in [-0.05, 0) is 12.1 Å². The molecule has 0 unspecified atom stereocenters. The summed E-state index contributed by atoms with van der Waals surface area (Å²) in [5.74, 6) is -0.329. The van der Waals surface area contributed by atoms with Crippen LogP contribution in [-0.4, -0.2) is 14.5 Å². The third-order valence-electron chi connectivity index (χ3n) is 1.78. The molecule has 0 aliphatic rings. The Hall–Kier alpha value is -1.42. The zero-order valence-corrected chi connectivity index (χ0v) is 6.24. The summed E-state index contributed by atoms with van der Waals surface area (Å²) in [6, 6.07) is 2.85. The van der Waals surface area contributed by atoms with Crippen molar-refractivity contribution in [1.82, 2.24) is 9.38 Å². The molecule has 0 fully saturated rings. The summed E-state index contributed by atoms with van der Waals surface area (Å²) in [5, 5.41) is 8.87. The molecule has 12 heavy (non-hydrogen) atoms. The number of aliphatic hydroxyl groups is 1. The summed E-state index contributed by atoms with van der Waals surface area (Å²) in [5.41, 5.74) is 1.02. The number of rotatable bonds is 1. The topological polar surface area (TPSA) is 37.5 Å². The molecule has 0 aliphatic heterocycles. The van der Waals surface area contributed by atoms with Gasteiger partial charge in [-0.3, -0.25) is 4.40 Å². The van der Waals surface area contributed by atoms with Crippen molar-refractivity contribution in [2.45, 2.75) is 6.61 Å². The Morgan fingerprint density at radius 3 is 3.08 bits per heavy atom. The van der Waals surface area contributed by atoms with E-state index in [9.17, 15) is 4.39 Å². The first-order chi connectivity index (χ1) is 5.83. The molecule has 0 saturated carbocycles. The van der Waals surface area contributed by atoms with Gasteiger partial charge in [0.05, 0.1) is 19.1 Å². The van der Waals surface area contributed by atoms with Crippen LogP contribution in [0.1, 0.15) is 5.69 Å². The summed E-state index contributed by atoms with van der Waals surface area (Å²) in [6.07, 6.45) is 2.90. The maximum atomic E-state index is 13.0. The Bertz CT molecular complexity index is 410. The van der Waals surface area contributed by atoms with Gasteiger partial charge in [0.2, 0.25) is 0 Å². The molecule has 0 amide bonds. The fraction of sp³-hybridized carbons (Fsp3) is 0.125. The molecule has 4 heteroatoms.